The second-order valence-corrected chi connectivity index (χ2v) is 5.74. The summed E-state index contributed by atoms with van der Waals surface area (Å²) in [5, 5.41) is 12.5. The Bertz CT molecular complexity index is 570. The zero-order valence-corrected chi connectivity index (χ0v) is 12.4. The molecular formula is C16H21NO4. The second-order valence-electron chi connectivity index (χ2n) is 5.74. The van der Waals surface area contributed by atoms with Crippen molar-refractivity contribution in [1.29, 1.82) is 0 Å². The third kappa shape index (κ3) is 2.35. The third-order valence-corrected chi connectivity index (χ3v) is 4.62. The molecule has 2 aliphatic rings. The molecule has 1 aliphatic heterocycles. The Morgan fingerprint density at radius 1 is 1.29 bits per heavy atom. The van der Waals surface area contributed by atoms with E-state index in [0.29, 0.717) is 13.0 Å². The summed E-state index contributed by atoms with van der Waals surface area (Å²) in [5.74, 6) is 0.738. The smallest absolute Gasteiger partial charge is 0.307 e. The molecule has 1 fully saturated rings. The molecule has 0 amide bonds. The van der Waals surface area contributed by atoms with Gasteiger partial charge in [-0.05, 0) is 31.7 Å². The first-order valence-corrected chi connectivity index (χ1v) is 7.38. The number of carboxylic acid groups (broad SMARTS) is 1. The van der Waals surface area contributed by atoms with Gasteiger partial charge >= 0.3 is 5.97 Å². The van der Waals surface area contributed by atoms with Gasteiger partial charge < -0.3 is 19.9 Å². The van der Waals surface area contributed by atoms with Crippen molar-refractivity contribution >= 4 is 5.97 Å². The van der Waals surface area contributed by atoms with E-state index in [9.17, 15) is 4.79 Å². The van der Waals surface area contributed by atoms with Crippen LogP contribution in [0.4, 0.5) is 0 Å². The molecule has 0 radical (unpaired) electrons. The molecule has 21 heavy (non-hydrogen) atoms. The first-order valence-electron chi connectivity index (χ1n) is 7.38. The number of benzene rings is 1. The minimum atomic E-state index is -0.739. The summed E-state index contributed by atoms with van der Waals surface area (Å²) >= 11 is 0. The molecule has 5 nitrogen and oxygen atoms in total. The summed E-state index contributed by atoms with van der Waals surface area (Å²) in [6.45, 7) is 0.503. The second kappa shape index (κ2) is 5.56. The van der Waals surface area contributed by atoms with Crippen molar-refractivity contribution in [2.75, 3.05) is 20.8 Å². The summed E-state index contributed by atoms with van der Waals surface area (Å²) in [6, 6.07) is 2.03. The van der Waals surface area contributed by atoms with Gasteiger partial charge in [-0.1, -0.05) is 0 Å². The SMILES string of the molecule is COc1cc(C2CC(C(=O)O)CN2)c(OC)c2c1CCC2. The number of rotatable bonds is 4. The first kappa shape index (κ1) is 14.2. The van der Waals surface area contributed by atoms with Crippen LogP contribution in [0.3, 0.4) is 0 Å². The Morgan fingerprint density at radius 2 is 2.05 bits per heavy atom. The molecule has 0 bridgehead atoms. The lowest BCUT2D eigenvalue weighted by Crippen LogP contribution is -2.17. The average Bonchev–Trinajstić information content (AvgIpc) is 3.14. The maximum Gasteiger partial charge on any atom is 0.307 e. The molecule has 1 aromatic carbocycles. The van der Waals surface area contributed by atoms with E-state index < -0.39 is 5.97 Å². The van der Waals surface area contributed by atoms with E-state index in [4.69, 9.17) is 14.6 Å². The highest BCUT2D eigenvalue weighted by atomic mass is 16.5. The van der Waals surface area contributed by atoms with Crippen LogP contribution < -0.4 is 14.8 Å². The normalized spacial score (nSPS) is 23.9. The zero-order valence-electron chi connectivity index (χ0n) is 12.4. The van der Waals surface area contributed by atoms with Crippen LogP contribution in [0, 0.1) is 5.92 Å². The van der Waals surface area contributed by atoms with Gasteiger partial charge in [0.2, 0.25) is 0 Å². The highest BCUT2D eigenvalue weighted by Crippen LogP contribution is 2.44. The van der Waals surface area contributed by atoms with Crippen molar-refractivity contribution in [3.63, 3.8) is 0 Å². The fourth-order valence-electron chi connectivity index (χ4n) is 3.58. The lowest BCUT2D eigenvalue weighted by atomic mass is 9.95. The van der Waals surface area contributed by atoms with Crippen molar-refractivity contribution in [3.05, 3.63) is 22.8 Å². The van der Waals surface area contributed by atoms with Crippen molar-refractivity contribution < 1.29 is 19.4 Å². The average molecular weight is 291 g/mol. The van der Waals surface area contributed by atoms with Gasteiger partial charge in [0.05, 0.1) is 20.1 Å². The number of nitrogens with one attached hydrogen (secondary N) is 1. The molecule has 0 saturated carbocycles. The van der Waals surface area contributed by atoms with Gasteiger partial charge in [0.25, 0.3) is 0 Å². The van der Waals surface area contributed by atoms with Crippen LogP contribution in [0.1, 0.15) is 35.6 Å². The molecule has 0 spiro atoms. The van der Waals surface area contributed by atoms with Crippen LogP contribution in [0.5, 0.6) is 11.5 Å². The topological polar surface area (TPSA) is 67.8 Å². The Kier molecular flexibility index (Phi) is 3.76. The molecule has 1 aliphatic carbocycles. The Balaban J connectivity index is 2.00. The van der Waals surface area contributed by atoms with Gasteiger partial charge in [0.15, 0.2) is 0 Å². The molecule has 2 N–H and O–H groups in total. The predicted molar refractivity (Wildman–Crippen MR) is 78.1 cm³/mol. The summed E-state index contributed by atoms with van der Waals surface area (Å²) in [7, 11) is 3.37. The number of hydrogen-bond donors (Lipinski definition) is 2. The van der Waals surface area contributed by atoms with Gasteiger partial charge in [-0.15, -0.1) is 0 Å². The first-order chi connectivity index (χ1) is 10.2. The maximum absolute atomic E-state index is 11.1. The zero-order chi connectivity index (χ0) is 15.0. The van der Waals surface area contributed by atoms with Gasteiger partial charge in [-0.25, -0.2) is 0 Å². The molecule has 1 aromatic rings. The van der Waals surface area contributed by atoms with Crippen molar-refractivity contribution in [1.82, 2.24) is 5.32 Å². The number of carbonyl (C=O) groups is 1. The summed E-state index contributed by atoms with van der Waals surface area (Å²) in [6.07, 6.45) is 3.72. The number of ether oxygens (including phenoxy) is 2. The fraction of sp³-hybridized carbons (Fsp3) is 0.562. The molecule has 3 rings (SSSR count). The van der Waals surface area contributed by atoms with E-state index in [1.54, 1.807) is 14.2 Å². The molecule has 0 aromatic heterocycles. The van der Waals surface area contributed by atoms with Crippen molar-refractivity contribution in [2.24, 2.45) is 5.92 Å². The molecular weight excluding hydrogens is 270 g/mol. The van der Waals surface area contributed by atoms with Crippen molar-refractivity contribution in [3.8, 4) is 11.5 Å². The standard InChI is InChI=1S/C16H21NO4/c1-20-14-7-12(13-6-9(8-17-13)16(18)19)15(21-2)11-5-3-4-10(11)14/h7,9,13,17H,3-6,8H2,1-2H3,(H,18,19). The van der Waals surface area contributed by atoms with Crippen LogP contribution in [0.15, 0.2) is 6.07 Å². The molecule has 1 saturated heterocycles. The molecule has 1 heterocycles. The van der Waals surface area contributed by atoms with Crippen molar-refractivity contribution in [2.45, 2.75) is 31.7 Å². The quantitative estimate of drug-likeness (QED) is 0.887. The Hall–Kier alpha value is -1.75. The van der Waals surface area contributed by atoms with E-state index in [-0.39, 0.29) is 12.0 Å². The molecule has 114 valence electrons. The lowest BCUT2D eigenvalue weighted by molar-refractivity contribution is -0.141. The number of fused-ring (bicyclic) bond motifs is 1. The van der Waals surface area contributed by atoms with Gasteiger partial charge in [0.1, 0.15) is 11.5 Å². The minimum Gasteiger partial charge on any atom is -0.496 e. The highest BCUT2D eigenvalue weighted by Gasteiger charge is 2.34. The highest BCUT2D eigenvalue weighted by molar-refractivity contribution is 5.71. The molecule has 5 heteroatoms. The monoisotopic (exact) mass is 291 g/mol. The predicted octanol–water partition coefficient (Wildman–Crippen LogP) is 1.93. The fourth-order valence-corrected chi connectivity index (χ4v) is 3.58. The molecule has 2 unspecified atom stereocenters. The number of methoxy groups -OCH3 is 2. The van der Waals surface area contributed by atoms with E-state index in [2.05, 4.69) is 5.32 Å². The largest absolute Gasteiger partial charge is 0.496 e. The Labute approximate surface area is 124 Å². The summed E-state index contributed by atoms with van der Waals surface area (Å²) < 4.78 is 11.2. The van der Waals surface area contributed by atoms with E-state index in [1.165, 1.54) is 11.1 Å². The third-order valence-electron chi connectivity index (χ3n) is 4.62. The van der Waals surface area contributed by atoms with Crippen LogP contribution in [-0.2, 0) is 17.6 Å². The number of carboxylic acids is 1. The minimum absolute atomic E-state index is 0.0147. The Morgan fingerprint density at radius 3 is 2.67 bits per heavy atom. The lowest BCUT2D eigenvalue weighted by Gasteiger charge is -2.20. The van der Waals surface area contributed by atoms with E-state index in [0.717, 1.165) is 36.3 Å². The number of hydrogen-bond acceptors (Lipinski definition) is 4. The van der Waals surface area contributed by atoms with Crippen LogP contribution in [-0.4, -0.2) is 31.8 Å². The van der Waals surface area contributed by atoms with Gasteiger partial charge in [-0.3, -0.25) is 4.79 Å². The summed E-state index contributed by atoms with van der Waals surface area (Å²) in [5.41, 5.74) is 3.50. The van der Waals surface area contributed by atoms with Crippen LogP contribution in [0.25, 0.3) is 0 Å². The van der Waals surface area contributed by atoms with Gasteiger partial charge in [-0.2, -0.15) is 0 Å². The van der Waals surface area contributed by atoms with E-state index >= 15 is 0 Å². The maximum atomic E-state index is 11.1. The summed E-state index contributed by atoms with van der Waals surface area (Å²) in [4.78, 5) is 11.1. The van der Waals surface area contributed by atoms with Crippen LogP contribution in [0.2, 0.25) is 0 Å². The number of aliphatic carboxylic acids is 1. The van der Waals surface area contributed by atoms with Gasteiger partial charge in [0, 0.05) is 29.3 Å². The van der Waals surface area contributed by atoms with E-state index in [1.807, 2.05) is 6.07 Å². The van der Waals surface area contributed by atoms with Crippen LogP contribution >= 0.6 is 0 Å². The molecule has 2 atom stereocenters.